The lowest BCUT2D eigenvalue weighted by molar-refractivity contribution is 0.125. The Hall–Kier alpha value is -1.92. The lowest BCUT2D eigenvalue weighted by Crippen LogP contribution is -2.39. The molecule has 2 aromatic rings. The summed E-state index contributed by atoms with van der Waals surface area (Å²) in [5.41, 5.74) is 0. The van der Waals surface area contributed by atoms with E-state index in [0.717, 1.165) is 12.1 Å². The van der Waals surface area contributed by atoms with Crippen LogP contribution in [0.1, 0.15) is 32.1 Å². The van der Waals surface area contributed by atoms with Crippen LogP contribution in [0.2, 0.25) is 0 Å². The third kappa shape index (κ3) is 5.33. The van der Waals surface area contributed by atoms with Crippen LogP contribution in [-0.4, -0.2) is 23.8 Å². The van der Waals surface area contributed by atoms with Crippen LogP contribution in [0, 0.1) is 11.6 Å². The fraction of sp³-hybridized carbons (Fsp3) is 0.412. The van der Waals surface area contributed by atoms with Gasteiger partial charge in [-0.15, -0.1) is 0 Å². The summed E-state index contributed by atoms with van der Waals surface area (Å²) in [4.78, 5) is 0. The molecule has 0 saturated heterocycles. The lowest BCUT2D eigenvalue weighted by Gasteiger charge is -2.22. The number of hydrogen-bond acceptors (Lipinski definition) is 4. The molecule has 2 N–H and O–H groups in total. The molecule has 0 saturated carbocycles. The Morgan fingerprint density at radius 3 is 2.61 bits per heavy atom. The van der Waals surface area contributed by atoms with Gasteiger partial charge in [-0.3, -0.25) is 0 Å². The molecule has 1 heterocycles. The standard InChI is InChI=1S/C17H21F2NO3/c1-11(8-16(21)17-4-3-7-22-17)20-12(2)10-23-13-5-6-14(18)15(19)9-13/h3-7,9,11-12,16,20-21H,8,10H2,1-2H3. The Bertz CT molecular complexity index is 604. The van der Waals surface area contributed by atoms with Crippen molar-refractivity contribution >= 4 is 0 Å². The van der Waals surface area contributed by atoms with Gasteiger partial charge in [-0.25, -0.2) is 8.78 Å². The third-order valence-electron chi connectivity index (χ3n) is 3.41. The first kappa shape index (κ1) is 17.4. The van der Waals surface area contributed by atoms with Crippen molar-refractivity contribution in [3.05, 3.63) is 54.0 Å². The van der Waals surface area contributed by atoms with Crippen molar-refractivity contribution in [1.29, 1.82) is 0 Å². The van der Waals surface area contributed by atoms with E-state index in [1.165, 1.54) is 12.3 Å². The minimum absolute atomic E-state index is 0.0260. The number of halogens is 2. The number of rotatable bonds is 8. The predicted octanol–water partition coefficient (Wildman–Crippen LogP) is 3.43. The molecule has 0 spiro atoms. The van der Waals surface area contributed by atoms with Gasteiger partial charge in [0.25, 0.3) is 0 Å². The van der Waals surface area contributed by atoms with Gasteiger partial charge < -0.3 is 19.6 Å². The molecule has 1 aromatic carbocycles. The molecule has 0 aliphatic rings. The maximum absolute atomic E-state index is 13.1. The maximum Gasteiger partial charge on any atom is 0.162 e. The molecular formula is C17H21F2NO3. The molecule has 0 aliphatic heterocycles. The van der Waals surface area contributed by atoms with Crippen LogP contribution in [-0.2, 0) is 0 Å². The fourth-order valence-electron chi connectivity index (χ4n) is 2.32. The third-order valence-corrected chi connectivity index (χ3v) is 3.41. The first-order chi connectivity index (χ1) is 11.0. The maximum atomic E-state index is 13.1. The highest BCUT2D eigenvalue weighted by molar-refractivity contribution is 5.23. The highest BCUT2D eigenvalue weighted by atomic mass is 19.2. The van der Waals surface area contributed by atoms with E-state index in [0.29, 0.717) is 18.8 Å². The van der Waals surface area contributed by atoms with Gasteiger partial charge in [-0.2, -0.15) is 0 Å². The highest BCUT2D eigenvalue weighted by Crippen LogP contribution is 2.19. The summed E-state index contributed by atoms with van der Waals surface area (Å²) >= 11 is 0. The number of hydrogen-bond donors (Lipinski definition) is 2. The van der Waals surface area contributed by atoms with Crippen LogP contribution in [0.5, 0.6) is 5.75 Å². The van der Waals surface area contributed by atoms with Gasteiger partial charge in [0.15, 0.2) is 11.6 Å². The fourth-order valence-corrected chi connectivity index (χ4v) is 2.32. The number of aliphatic hydroxyl groups excluding tert-OH is 1. The summed E-state index contributed by atoms with van der Waals surface area (Å²) in [5.74, 6) is -1.02. The molecule has 0 radical (unpaired) electrons. The summed E-state index contributed by atoms with van der Waals surface area (Å²) < 4.78 is 36.5. The molecular weight excluding hydrogens is 304 g/mol. The molecule has 3 unspecified atom stereocenters. The summed E-state index contributed by atoms with van der Waals surface area (Å²) in [6.45, 7) is 4.15. The van der Waals surface area contributed by atoms with E-state index in [1.807, 2.05) is 13.8 Å². The number of aliphatic hydroxyl groups is 1. The summed E-state index contributed by atoms with van der Waals surface area (Å²) in [6, 6.07) is 6.90. The molecule has 23 heavy (non-hydrogen) atoms. The van der Waals surface area contributed by atoms with Crippen molar-refractivity contribution in [2.75, 3.05) is 6.61 Å². The monoisotopic (exact) mass is 325 g/mol. The minimum atomic E-state index is -0.932. The van der Waals surface area contributed by atoms with Crippen molar-refractivity contribution in [1.82, 2.24) is 5.32 Å². The summed E-state index contributed by atoms with van der Waals surface area (Å²) in [5, 5.41) is 13.3. The average molecular weight is 325 g/mol. The predicted molar refractivity (Wildman–Crippen MR) is 82.2 cm³/mol. The second kappa shape index (κ2) is 8.08. The Balaban J connectivity index is 1.75. The van der Waals surface area contributed by atoms with Gasteiger partial charge in [-0.05, 0) is 44.5 Å². The number of nitrogens with one attached hydrogen (secondary N) is 1. The molecule has 3 atom stereocenters. The smallest absolute Gasteiger partial charge is 0.162 e. The van der Waals surface area contributed by atoms with E-state index < -0.39 is 17.7 Å². The molecule has 126 valence electrons. The number of ether oxygens (including phenoxy) is 1. The van der Waals surface area contributed by atoms with Crippen molar-refractivity contribution in [2.24, 2.45) is 0 Å². The Kier molecular flexibility index (Phi) is 6.12. The molecule has 0 aliphatic carbocycles. The zero-order valence-electron chi connectivity index (χ0n) is 13.1. The first-order valence-electron chi connectivity index (χ1n) is 7.51. The molecule has 1 aromatic heterocycles. The molecule has 6 heteroatoms. The second-order valence-electron chi connectivity index (χ2n) is 5.62. The van der Waals surface area contributed by atoms with Crippen LogP contribution in [0.3, 0.4) is 0 Å². The topological polar surface area (TPSA) is 54.6 Å². The van der Waals surface area contributed by atoms with E-state index in [9.17, 15) is 13.9 Å². The summed E-state index contributed by atoms with van der Waals surface area (Å²) in [6.07, 6.45) is 1.34. The van der Waals surface area contributed by atoms with Crippen molar-refractivity contribution < 1.29 is 23.0 Å². The van der Waals surface area contributed by atoms with Crippen LogP contribution in [0.25, 0.3) is 0 Å². The van der Waals surface area contributed by atoms with Crippen molar-refractivity contribution in [2.45, 2.75) is 38.5 Å². The largest absolute Gasteiger partial charge is 0.492 e. The zero-order chi connectivity index (χ0) is 16.8. The molecule has 4 nitrogen and oxygen atoms in total. The van der Waals surface area contributed by atoms with Crippen LogP contribution in [0.4, 0.5) is 8.78 Å². The normalized spacial score (nSPS) is 15.2. The van der Waals surface area contributed by atoms with Crippen molar-refractivity contribution in [3.63, 3.8) is 0 Å². The van der Waals surface area contributed by atoms with E-state index in [-0.39, 0.29) is 17.8 Å². The first-order valence-corrected chi connectivity index (χ1v) is 7.51. The molecule has 0 amide bonds. The number of benzene rings is 1. The SMILES string of the molecule is CC(COc1ccc(F)c(F)c1)NC(C)CC(O)c1ccco1. The van der Waals surface area contributed by atoms with Gasteiger partial charge in [0.05, 0.1) is 6.26 Å². The highest BCUT2D eigenvalue weighted by Gasteiger charge is 2.16. The quantitative estimate of drug-likeness (QED) is 0.781. The van der Waals surface area contributed by atoms with Gasteiger partial charge in [0.2, 0.25) is 0 Å². The van der Waals surface area contributed by atoms with E-state index in [1.54, 1.807) is 12.1 Å². The Labute approximate surface area is 134 Å². The lowest BCUT2D eigenvalue weighted by atomic mass is 10.1. The Morgan fingerprint density at radius 1 is 1.17 bits per heavy atom. The molecule has 2 rings (SSSR count). The van der Waals surface area contributed by atoms with E-state index in [2.05, 4.69) is 5.32 Å². The molecule has 0 fully saturated rings. The van der Waals surface area contributed by atoms with Crippen molar-refractivity contribution in [3.8, 4) is 5.75 Å². The van der Waals surface area contributed by atoms with Crippen LogP contribution < -0.4 is 10.1 Å². The van der Waals surface area contributed by atoms with Gasteiger partial charge in [0.1, 0.15) is 24.2 Å². The van der Waals surface area contributed by atoms with Gasteiger partial charge in [-0.1, -0.05) is 0 Å². The molecule has 0 bridgehead atoms. The van der Waals surface area contributed by atoms with Gasteiger partial charge >= 0.3 is 0 Å². The Morgan fingerprint density at radius 2 is 1.96 bits per heavy atom. The number of furan rings is 1. The second-order valence-corrected chi connectivity index (χ2v) is 5.62. The zero-order valence-corrected chi connectivity index (χ0v) is 13.1. The van der Waals surface area contributed by atoms with E-state index >= 15 is 0 Å². The van der Waals surface area contributed by atoms with E-state index in [4.69, 9.17) is 9.15 Å². The van der Waals surface area contributed by atoms with Gasteiger partial charge in [0, 0.05) is 18.2 Å². The summed E-state index contributed by atoms with van der Waals surface area (Å²) in [7, 11) is 0. The minimum Gasteiger partial charge on any atom is -0.492 e. The van der Waals surface area contributed by atoms with Crippen LogP contribution >= 0.6 is 0 Å². The van der Waals surface area contributed by atoms with Crippen LogP contribution in [0.15, 0.2) is 41.0 Å². The average Bonchev–Trinajstić information content (AvgIpc) is 3.02.